The molecule has 3 N–H and O–H groups in total. The molecule has 3 unspecified atom stereocenters. The van der Waals surface area contributed by atoms with Crippen molar-refractivity contribution in [2.45, 2.75) is 63.8 Å². The number of hydrogen-bond acceptors (Lipinski definition) is 4. The molecule has 0 aromatic heterocycles. The largest absolute Gasteiger partial charge is 0.490 e. The molecule has 6 nitrogen and oxygen atoms in total. The molecule has 1 heterocycles. The zero-order chi connectivity index (χ0) is 19.1. The van der Waals surface area contributed by atoms with E-state index in [0.717, 1.165) is 32.2 Å². The zero-order valence-electron chi connectivity index (χ0n) is 14.6. The van der Waals surface area contributed by atoms with Gasteiger partial charge in [-0.15, -0.1) is 0 Å². The number of likely N-dealkylation sites (tertiary alicyclic amines) is 1. The van der Waals surface area contributed by atoms with E-state index in [4.69, 9.17) is 15.6 Å². The molecule has 24 heavy (non-hydrogen) atoms. The van der Waals surface area contributed by atoms with Gasteiger partial charge < -0.3 is 20.6 Å². The molecule has 0 aliphatic carbocycles. The van der Waals surface area contributed by atoms with Crippen LogP contribution in [0.2, 0.25) is 0 Å². The standard InChI is InChI=1S/C13H27N3O.C2HF3O2/c1-5-6-12(14)13(17)16(4)11-7-8-15(3)10(2)9-11;3-2(4,5)1(6)7/h10-12H,5-9,14H2,1-4H3;(H,6,7). The van der Waals surface area contributed by atoms with Gasteiger partial charge in [0.2, 0.25) is 5.91 Å². The molecular formula is C15H28F3N3O3. The van der Waals surface area contributed by atoms with Crippen molar-refractivity contribution in [2.24, 2.45) is 5.73 Å². The van der Waals surface area contributed by atoms with E-state index in [1.54, 1.807) is 0 Å². The number of carbonyl (C=O) groups excluding carboxylic acids is 1. The van der Waals surface area contributed by atoms with Gasteiger partial charge in [-0.2, -0.15) is 13.2 Å². The first kappa shape index (κ1) is 22.6. The summed E-state index contributed by atoms with van der Waals surface area (Å²) in [4.78, 5) is 25.2. The summed E-state index contributed by atoms with van der Waals surface area (Å²) in [5.74, 6) is -2.65. The number of piperidine rings is 1. The number of rotatable bonds is 4. The number of halogens is 3. The molecule has 0 bridgehead atoms. The van der Waals surface area contributed by atoms with Crippen LogP contribution in [0.1, 0.15) is 39.5 Å². The number of nitrogens with two attached hydrogens (primary N) is 1. The van der Waals surface area contributed by atoms with E-state index < -0.39 is 12.1 Å². The van der Waals surface area contributed by atoms with Gasteiger partial charge in [0.15, 0.2) is 0 Å². The number of carbonyl (C=O) groups is 2. The molecule has 1 rings (SSSR count). The van der Waals surface area contributed by atoms with E-state index in [1.807, 2.05) is 11.9 Å². The Kier molecular flexibility index (Phi) is 9.27. The highest BCUT2D eigenvalue weighted by molar-refractivity contribution is 5.81. The highest BCUT2D eigenvalue weighted by Crippen LogP contribution is 2.20. The molecule has 1 aliphatic heterocycles. The Hall–Kier alpha value is -1.35. The fourth-order valence-electron chi connectivity index (χ4n) is 2.49. The van der Waals surface area contributed by atoms with Crippen LogP contribution in [0.3, 0.4) is 0 Å². The molecule has 1 fully saturated rings. The van der Waals surface area contributed by atoms with Crippen molar-refractivity contribution in [1.82, 2.24) is 9.80 Å². The summed E-state index contributed by atoms with van der Waals surface area (Å²) in [7, 11) is 4.05. The van der Waals surface area contributed by atoms with Crippen molar-refractivity contribution in [1.29, 1.82) is 0 Å². The highest BCUT2D eigenvalue weighted by atomic mass is 19.4. The van der Waals surface area contributed by atoms with Crippen LogP contribution < -0.4 is 5.73 Å². The van der Waals surface area contributed by atoms with E-state index in [2.05, 4.69) is 25.8 Å². The highest BCUT2D eigenvalue weighted by Gasteiger charge is 2.38. The number of carboxylic acid groups (broad SMARTS) is 1. The van der Waals surface area contributed by atoms with Crippen LogP contribution in [0.4, 0.5) is 13.2 Å². The third-order valence-corrected chi connectivity index (χ3v) is 4.24. The van der Waals surface area contributed by atoms with Crippen molar-refractivity contribution in [3.8, 4) is 0 Å². The van der Waals surface area contributed by atoms with Crippen molar-refractivity contribution in [3.05, 3.63) is 0 Å². The van der Waals surface area contributed by atoms with Gasteiger partial charge in [-0.25, -0.2) is 4.79 Å². The molecule has 0 saturated carbocycles. The number of aliphatic carboxylic acids is 1. The molecule has 1 amide bonds. The average Bonchev–Trinajstić information content (AvgIpc) is 2.48. The number of alkyl halides is 3. The second kappa shape index (κ2) is 9.83. The Balaban J connectivity index is 0.000000640. The minimum atomic E-state index is -5.08. The summed E-state index contributed by atoms with van der Waals surface area (Å²) in [6, 6.07) is 0.586. The lowest BCUT2D eigenvalue weighted by Crippen LogP contribution is -2.51. The molecule has 0 spiro atoms. The monoisotopic (exact) mass is 355 g/mol. The molecule has 0 radical (unpaired) electrons. The molecule has 3 atom stereocenters. The third-order valence-electron chi connectivity index (χ3n) is 4.24. The normalized spacial score (nSPS) is 23.0. The first-order valence-corrected chi connectivity index (χ1v) is 7.94. The van der Waals surface area contributed by atoms with Crippen molar-refractivity contribution >= 4 is 11.9 Å². The smallest absolute Gasteiger partial charge is 0.475 e. The zero-order valence-corrected chi connectivity index (χ0v) is 14.6. The van der Waals surface area contributed by atoms with Gasteiger partial charge in [0, 0.05) is 25.7 Å². The van der Waals surface area contributed by atoms with Crippen molar-refractivity contribution < 1.29 is 27.9 Å². The van der Waals surface area contributed by atoms with Gasteiger partial charge in [-0.05, 0) is 33.2 Å². The lowest BCUT2D eigenvalue weighted by molar-refractivity contribution is -0.192. The maximum atomic E-state index is 12.1. The topological polar surface area (TPSA) is 86.9 Å². The number of hydrogen-bond donors (Lipinski definition) is 2. The van der Waals surface area contributed by atoms with Gasteiger partial charge >= 0.3 is 12.1 Å². The van der Waals surface area contributed by atoms with Crippen LogP contribution in [0.15, 0.2) is 0 Å². The van der Waals surface area contributed by atoms with E-state index in [9.17, 15) is 18.0 Å². The summed E-state index contributed by atoms with van der Waals surface area (Å²) in [6.45, 7) is 5.34. The van der Waals surface area contributed by atoms with Crippen LogP contribution >= 0.6 is 0 Å². The molecule has 9 heteroatoms. The molecule has 1 aliphatic rings. The fourth-order valence-corrected chi connectivity index (χ4v) is 2.49. The fraction of sp³-hybridized carbons (Fsp3) is 0.867. The Morgan fingerprint density at radius 1 is 1.42 bits per heavy atom. The summed E-state index contributed by atoms with van der Waals surface area (Å²) >= 11 is 0. The summed E-state index contributed by atoms with van der Waals surface area (Å²) in [5.41, 5.74) is 5.90. The summed E-state index contributed by atoms with van der Waals surface area (Å²) < 4.78 is 31.7. The third kappa shape index (κ3) is 7.48. The Bertz CT molecular complexity index is 419. The van der Waals surface area contributed by atoms with E-state index in [1.165, 1.54) is 0 Å². The van der Waals surface area contributed by atoms with Gasteiger partial charge in [0.25, 0.3) is 0 Å². The molecule has 0 aromatic carbocycles. The van der Waals surface area contributed by atoms with Crippen LogP contribution in [-0.2, 0) is 9.59 Å². The second-order valence-electron chi connectivity index (χ2n) is 6.16. The maximum absolute atomic E-state index is 12.1. The lowest BCUT2D eigenvalue weighted by atomic mass is 9.97. The molecule has 142 valence electrons. The van der Waals surface area contributed by atoms with Gasteiger partial charge in [0.05, 0.1) is 6.04 Å². The first-order chi connectivity index (χ1) is 10.9. The number of nitrogens with zero attached hydrogens (tertiary/aromatic N) is 2. The van der Waals surface area contributed by atoms with E-state index in [-0.39, 0.29) is 11.9 Å². The second-order valence-corrected chi connectivity index (χ2v) is 6.16. The van der Waals surface area contributed by atoms with Crippen LogP contribution in [0.25, 0.3) is 0 Å². The van der Waals surface area contributed by atoms with Crippen LogP contribution in [0.5, 0.6) is 0 Å². The van der Waals surface area contributed by atoms with Crippen LogP contribution in [0, 0.1) is 0 Å². The molecule has 0 aromatic rings. The minimum absolute atomic E-state index is 0.105. The van der Waals surface area contributed by atoms with Gasteiger partial charge in [0.1, 0.15) is 0 Å². The average molecular weight is 355 g/mol. The SMILES string of the molecule is CCCC(N)C(=O)N(C)C1CCN(C)C(C)C1.O=C(O)C(F)(F)F. The van der Waals surface area contributed by atoms with Crippen molar-refractivity contribution in [3.63, 3.8) is 0 Å². The number of likely N-dealkylation sites (N-methyl/N-ethyl adjacent to an activating group) is 1. The molecule has 1 saturated heterocycles. The predicted octanol–water partition coefficient (Wildman–Crippen LogP) is 1.69. The number of amides is 1. The first-order valence-electron chi connectivity index (χ1n) is 7.94. The van der Waals surface area contributed by atoms with Gasteiger partial charge in [-0.3, -0.25) is 4.79 Å². The van der Waals surface area contributed by atoms with Gasteiger partial charge in [-0.1, -0.05) is 13.3 Å². The van der Waals surface area contributed by atoms with E-state index >= 15 is 0 Å². The van der Waals surface area contributed by atoms with Crippen molar-refractivity contribution in [2.75, 3.05) is 20.6 Å². The predicted molar refractivity (Wildman–Crippen MR) is 84.5 cm³/mol. The minimum Gasteiger partial charge on any atom is -0.475 e. The quantitative estimate of drug-likeness (QED) is 0.801. The Labute approximate surface area is 140 Å². The Morgan fingerprint density at radius 3 is 2.29 bits per heavy atom. The summed E-state index contributed by atoms with van der Waals surface area (Å²) in [6.07, 6.45) is -1.23. The Morgan fingerprint density at radius 2 is 1.92 bits per heavy atom. The summed E-state index contributed by atoms with van der Waals surface area (Å²) in [5, 5.41) is 7.12. The lowest BCUT2D eigenvalue weighted by Gasteiger charge is -2.40. The van der Waals surface area contributed by atoms with Crippen LogP contribution in [-0.4, -0.2) is 71.7 Å². The molecular weight excluding hydrogens is 327 g/mol. The maximum Gasteiger partial charge on any atom is 0.490 e. The number of carboxylic acids is 1. The van der Waals surface area contributed by atoms with E-state index in [0.29, 0.717) is 12.1 Å².